The summed E-state index contributed by atoms with van der Waals surface area (Å²) in [4.78, 5) is 11.1. The molecule has 143 valence electrons. The Morgan fingerprint density at radius 1 is 0.625 bits per heavy atom. The van der Waals surface area contributed by atoms with Gasteiger partial charge in [-0.3, -0.25) is 4.79 Å². The largest absolute Gasteiger partial charge is 0.465 e. The Kier molecular flexibility index (Phi) is 20.1. The van der Waals surface area contributed by atoms with Crippen LogP contribution < -0.4 is 0 Å². The predicted octanol–water partition coefficient (Wildman–Crippen LogP) is 7.41. The van der Waals surface area contributed by atoms with Crippen molar-refractivity contribution in [3.8, 4) is 0 Å². The van der Waals surface area contributed by atoms with Crippen molar-refractivity contribution < 1.29 is 9.53 Å². The Morgan fingerprint density at radius 3 is 1.38 bits per heavy atom. The van der Waals surface area contributed by atoms with Gasteiger partial charge in [-0.1, -0.05) is 110 Å². The molecule has 0 aromatic carbocycles. The van der Waals surface area contributed by atoms with Gasteiger partial charge in [-0.05, 0) is 12.8 Å². The third-order valence-electron chi connectivity index (χ3n) is 4.61. The topological polar surface area (TPSA) is 26.3 Å². The summed E-state index contributed by atoms with van der Waals surface area (Å²) < 4.78 is 5.11. The highest BCUT2D eigenvalue weighted by molar-refractivity contribution is 5.78. The molecule has 2 nitrogen and oxygen atoms in total. The number of esters is 1. The van der Waals surface area contributed by atoms with Crippen LogP contribution in [0.5, 0.6) is 0 Å². The highest BCUT2D eigenvalue weighted by atomic mass is 16.5. The quantitative estimate of drug-likeness (QED) is 0.181. The summed E-state index contributed by atoms with van der Waals surface area (Å²) in [6, 6.07) is 0. The summed E-state index contributed by atoms with van der Waals surface area (Å²) in [6.07, 6.45) is 24.3. The van der Waals surface area contributed by atoms with E-state index in [4.69, 9.17) is 4.74 Å². The second kappa shape index (κ2) is 20.5. The van der Waals surface area contributed by atoms with E-state index in [1.165, 1.54) is 96.3 Å². The van der Waals surface area contributed by atoms with E-state index in [1.807, 2.05) is 6.92 Å². The van der Waals surface area contributed by atoms with Crippen molar-refractivity contribution in [2.75, 3.05) is 6.61 Å². The fourth-order valence-electron chi connectivity index (χ4n) is 3.05. The van der Waals surface area contributed by atoms with Crippen LogP contribution in [0, 0.1) is 6.42 Å². The predicted molar refractivity (Wildman–Crippen MR) is 105 cm³/mol. The maximum atomic E-state index is 11.1. The van der Waals surface area contributed by atoms with Crippen molar-refractivity contribution in [1.29, 1.82) is 0 Å². The van der Waals surface area contributed by atoms with Crippen molar-refractivity contribution in [2.45, 2.75) is 123 Å². The molecule has 0 N–H and O–H groups in total. The second-order valence-electron chi connectivity index (χ2n) is 7.08. The molecule has 0 saturated heterocycles. The van der Waals surface area contributed by atoms with E-state index >= 15 is 0 Å². The molecule has 1 radical (unpaired) electrons. The van der Waals surface area contributed by atoms with Gasteiger partial charge in [0.05, 0.1) is 13.0 Å². The molecular weight excluding hydrogens is 296 g/mol. The van der Waals surface area contributed by atoms with Gasteiger partial charge in [0.2, 0.25) is 0 Å². The molecular formula is C22H43O2. The molecule has 0 atom stereocenters. The van der Waals surface area contributed by atoms with Gasteiger partial charge < -0.3 is 4.74 Å². The van der Waals surface area contributed by atoms with Gasteiger partial charge in [-0.2, -0.15) is 0 Å². The first-order chi connectivity index (χ1) is 11.8. The first-order valence-corrected chi connectivity index (χ1v) is 10.8. The lowest BCUT2D eigenvalue weighted by atomic mass is 10.0. The number of hydrogen-bond donors (Lipinski definition) is 0. The third kappa shape index (κ3) is 19.5. The average molecular weight is 340 g/mol. The monoisotopic (exact) mass is 339 g/mol. The molecule has 0 saturated carbocycles. The Balaban J connectivity index is 3.01. The highest BCUT2D eigenvalue weighted by Crippen LogP contribution is 2.13. The average Bonchev–Trinajstić information content (AvgIpc) is 2.58. The van der Waals surface area contributed by atoms with Crippen LogP contribution >= 0.6 is 0 Å². The number of rotatable bonds is 19. The van der Waals surface area contributed by atoms with E-state index in [-0.39, 0.29) is 5.97 Å². The van der Waals surface area contributed by atoms with Gasteiger partial charge in [0, 0.05) is 0 Å². The van der Waals surface area contributed by atoms with E-state index in [1.54, 1.807) is 6.42 Å². The van der Waals surface area contributed by atoms with Gasteiger partial charge >= 0.3 is 5.97 Å². The molecule has 0 aliphatic heterocycles. The summed E-state index contributed by atoms with van der Waals surface area (Å²) >= 11 is 0. The molecule has 0 amide bonds. The zero-order valence-electron chi connectivity index (χ0n) is 16.6. The van der Waals surface area contributed by atoms with E-state index in [2.05, 4.69) is 6.92 Å². The van der Waals surface area contributed by atoms with E-state index in [0.29, 0.717) is 6.61 Å². The van der Waals surface area contributed by atoms with Crippen LogP contribution in [0.1, 0.15) is 123 Å². The lowest BCUT2D eigenvalue weighted by Crippen LogP contribution is -2.05. The molecule has 2 heteroatoms. The number of unbranched alkanes of at least 4 members (excludes halogenated alkanes) is 15. The smallest absolute Gasteiger partial charge is 0.309 e. The Morgan fingerprint density at radius 2 is 1.00 bits per heavy atom. The maximum Gasteiger partial charge on any atom is 0.309 e. The van der Waals surface area contributed by atoms with E-state index < -0.39 is 0 Å². The van der Waals surface area contributed by atoms with Crippen LogP contribution in [0.3, 0.4) is 0 Å². The Bertz CT molecular complexity index is 250. The molecule has 0 aliphatic carbocycles. The lowest BCUT2D eigenvalue weighted by molar-refractivity contribution is -0.139. The van der Waals surface area contributed by atoms with Crippen LogP contribution in [0.2, 0.25) is 0 Å². The zero-order valence-corrected chi connectivity index (χ0v) is 16.6. The van der Waals surface area contributed by atoms with Crippen molar-refractivity contribution in [3.63, 3.8) is 0 Å². The molecule has 0 heterocycles. The van der Waals surface area contributed by atoms with Crippen LogP contribution in [0.4, 0.5) is 0 Å². The zero-order chi connectivity index (χ0) is 17.7. The molecule has 0 unspecified atom stereocenters. The van der Waals surface area contributed by atoms with Crippen molar-refractivity contribution in [2.24, 2.45) is 0 Å². The van der Waals surface area contributed by atoms with Gasteiger partial charge in [0.15, 0.2) is 0 Å². The van der Waals surface area contributed by atoms with Crippen molar-refractivity contribution in [1.82, 2.24) is 0 Å². The van der Waals surface area contributed by atoms with Gasteiger partial charge in [0.1, 0.15) is 0 Å². The Labute approximate surface area is 152 Å². The second-order valence-corrected chi connectivity index (χ2v) is 7.08. The molecule has 0 aromatic rings. The lowest BCUT2D eigenvalue weighted by Gasteiger charge is -2.04. The minimum atomic E-state index is -0.154. The molecule has 0 spiro atoms. The number of hydrogen-bond acceptors (Lipinski definition) is 2. The summed E-state index contributed by atoms with van der Waals surface area (Å²) in [6.45, 7) is 4.83. The number of carbonyl (C=O) groups excluding carboxylic acids is 1. The fraction of sp³-hybridized carbons (Fsp3) is 0.909. The SMILES string of the molecule is CC[CH]C(=O)OCCCCCCCCCCCCCCCCCC. The van der Waals surface area contributed by atoms with Gasteiger partial charge in [0.25, 0.3) is 0 Å². The van der Waals surface area contributed by atoms with Crippen LogP contribution in [0.15, 0.2) is 0 Å². The standard InChI is InChI=1S/C22H43O2/c1-3-5-6-7-8-9-10-11-12-13-14-15-16-17-18-19-21-24-22(23)20-4-2/h20H,3-19,21H2,1-2H3. The number of carbonyl (C=O) groups is 1. The molecule has 0 aliphatic rings. The highest BCUT2D eigenvalue weighted by Gasteiger charge is 2.00. The maximum absolute atomic E-state index is 11.1. The normalized spacial score (nSPS) is 10.9. The first-order valence-electron chi connectivity index (χ1n) is 10.8. The summed E-state index contributed by atoms with van der Waals surface area (Å²) in [5.74, 6) is -0.154. The fourth-order valence-corrected chi connectivity index (χ4v) is 3.05. The van der Waals surface area contributed by atoms with Gasteiger partial charge in [-0.15, -0.1) is 0 Å². The molecule has 0 fully saturated rings. The summed E-state index contributed by atoms with van der Waals surface area (Å²) in [5.41, 5.74) is 0. The van der Waals surface area contributed by atoms with Crippen LogP contribution in [-0.4, -0.2) is 12.6 Å². The molecule has 0 aromatic heterocycles. The summed E-state index contributed by atoms with van der Waals surface area (Å²) in [7, 11) is 0. The van der Waals surface area contributed by atoms with Crippen LogP contribution in [0.25, 0.3) is 0 Å². The van der Waals surface area contributed by atoms with Crippen molar-refractivity contribution in [3.05, 3.63) is 6.42 Å². The minimum Gasteiger partial charge on any atom is -0.465 e. The van der Waals surface area contributed by atoms with Gasteiger partial charge in [-0.25, -0.2) is 0 Å². The summed E-state index contributed by atoms with van der Waals surface area (Å²) in [5, 5.41) is 0. The first kappa shape index (κ1) is 23.5. The molecule has 0 bridgehead atoms. The minimum absolute atomic E-state index is 0.154. The number of ether oxygens (including phenoxy) is 1. The van der Waals surface area contributed by atoms with E-state index in [9.17, 15) is 4.79 Å². The van der Waals surface area contributed by atoms with E-state index in [0.717, 1.165) is 12.8 Å². The molecule has 24 heavy (non-hydrogen) atoms. The Hall–Kier alpha value is -0.530. The van der Waals surface area contributed by atoms with Crippen molar-refractivity contribution >= 4 is 5.97 Å². The third-order valence-corrected chi connectivity index (χ3v) is 4.61. The van der Waals surface area contributed by atoms with Crippen LogP contribution in [-0.2, 0) is 9.53 Å². The molecule has 0 rings (SSSR count).